The molecular weight excluding hydrogens is 222 g/mol. The van der Waals surface area contributed by atoms with Gasteiger partial charge in [-0.1, -0.05) is 20.8 Å². The number of rotatable bonds is 5. The summed E-state index contributed by atoms with van der Waals surface area (Å²) in [6.07, 6.45) is -1.71. The Kier molecular flexibility index (Phi) is 4.69. The molecule has 0 amide bonds. The Hall–Kier alpha value is -0.660. The Labute approximate surface area is 89.4 Å². The van der Waals surface area contributed by atoms with Crippen molar-refractivity contribution in [2.45, 2.75) is 26.9 Å². The molecule has 6 nitrogen and oxygen atoms in total. The van der Waals surface area contributed by atoms with Crippen LogP contribution in [0, 0.1) is 5.41 Å². The number of hydrogen-bond acceptors (Lipinski definition) is 4. The largest absolute Gasteiger partial charge is 0.479 e. The first-order chi connectivity index (χ1) is 6.53. The normalized spacial score (nSPS) is 14.9. The van der Waals surface area contributed by atoms with E-state index in [1.165, 1.54) is 0 Å². The van der Waals surface area contributed by atoms with Gasteiger partial charge in [0.2, 0.25) is 10.0 Å². The van der Waals surface area contributed by atoms with Crippen LogP contribution in [0.3, 0.4) is 0 Å². The minimum Gasteiger partial charge on any atom is -0.479 e. The Morgan fingerprint density at radius 1 is 1.40 bits per heavy atom. The van der Waals surface area contributed by atoms with Gasteiger partial charge in [-0.05, 0) is 5.41 Å². The summed E-state index contributed by atoms with van der Waals surface area (Å²) in [5.41, 5.74) is -0.417. The van der Waals surface area contributed by atoms with Gasteiger partial charge in [0.05, 0.1) is 5.75 Å². The third-order valence-electron chi connectivity index (χ3n) is 1.40. The molecule has 90 valence electrons. The summed E-state index contributed by atoms with van der Waals surface area (Å²) in [7, 11) is -3.54. The minimum absolute atomic E-state index is 0.119. The van der Waals surface area contributed by atoms with Crippen LogP contribution in [0.15, 0.2) is 0 Å². The molecule has 0 fully saturated rings. The second kappa shape index (κ2) is 4.91. The average Bonchev–Trinajstić information content (AvgIpc) is 1.95. The van der Waals surface area contributed by atoms with Gasteiger partial charge in [-0.2, -0.15) is 0 Å². The van der Waals surface area contributed by atoms with Gasteiger partial charge >= 0.3 is 5.97 Å². The third kappa shape index (κ3) is 7.29. The Balaban J connectivity index is 4.24. The zero-order chi connectivity index (χ0) is 12.3. The average molecular weight is 239 g/mol. The molecule has 0 spiro atoms. The van der Waals surface area contributed by atoms with Crippen molar-refractivity contribution < 1.29 is 23.4 Å². The van der Waals surface area contributed by atoms with E-state index < -0.39 is 34.1 Å². The maximum absolute atomic E-state index is 11.4. The molecule has 7 heteroatoms. The first-order valence-corrected chi connectivity index (χ1v) is 6.07. The Bertz CT molecular complexity index is 316. The lowest BCUT2D eigenvalue weighted by molar-refractivity contribution is -0.146. The van der Waals surface area contributed by atoms with Gasteiger partial charge in [0.15, 0.2) is 6.10 Å². The third-order valence-corrected chi connectivity index (χ3v) is 3.26. The predicted molar refractivity (Wildman–Crippen MR) is 54.9 cm³/mol. The van der Waals surface area contributed by atoms with Crippen molar-refractivity contribution in [3.05, 3.63) is 0 Å². The SMILES string of the molecule is CC(C)(C)CS(=O)(=O)NCC(O)C(=O)O. The predicted octanol–water partition coefficient (Wildman–Crippen LogP) is -0.603. The molecule has 0 aromatic rings. The van der Waals surface area contributed by atoms with Crippen molar-refractivity contribution in [1.29, 1.82) is 0 Å². The molecule has 0 saturated carbocycles. The van der Waals surface area contributed by atoms with Gasteiger partial charge in [-0.15, -0.1) is 0 Å². The molecule has 0 aliphatic rings. The minimum atomic E-state index is -3.54. The number of hydrogen-bond donors (Lipinski definition) is 3. The van der Waals surface area contributed by atoms with Crippen LogP contribution in [0.25, 0.3) is 0 Å². The summed E-state index contributed by atoms with van der Waals surface area (Å²) >= 11 is 0. The first kappa shape index (κ1) is 14.3. The zero-order valence-corrected chi connectivity index (χ0v) is 9.84. The highest BCUT2D eigenvalue weighted by Crippen LogP contribution is 2.15. The van der Waals surface area contributed by atoms with E-state index in [0.717, 1.165) is 0 Å². The second-order valence-electron chi connectivity index (χ2n) is 4.52. The molecule has 0 aromatic carbocycles. The molecule has 1 atom stereocenters. The number of aliphatic hydroxyl groups is 1. The lowest BCUT2D eigenvalue weighted by Gasteiger charge is -2.18. The van der Waals surface area contributed by atoms with Gasteiger partial charge in [0.25, 0.3) is 0 Å². The van der Waals surface area contributed by atoms with Crippen LogP contribution in [0.4, 0.5) is 0 Å². The van der Waals surface area contributed by atoms with Crippen molar-refractivity contribution in [2.24, 2.45) is 5.41 Å². The second-order valence-corrected chi connectivity index (χ2v) is 6.33. The molecule has 0 aliphatic carbocycles. The highest BCUT2D eigenvalue weighted by atomic mass is 32.2. The Morgan fingerprint density at radius 3 is 2.20 bits per heavy atom. The molecule has 0 heterocycles. The maximum Gasteiger partial charge on any atom is 0.333 e. The number of sulfonamides is 1. The lowest BCUT2D eigenvalue weighted by Crippen LogP contribution is -2.39. The van der Waals surface area contributed by atoms with Gasteiger partial charge < -0.3 is 10.2 Å². The van der Waals surface area contributed by atoms with Crippen LogP contribution < -0.4 is 4.72 Å². The van der Waals surface area contributed by atoms with Crippen molar-refractivity contribution in [3.8, 4) is 0 Å². The smallest absolute Gasteiger partial charge is 0.333 e. The first-order valence-electron chi connectivity index (χ1n) is 4.42. The van der Waals surface area contributed by atoms with E-state index in [9.17, 15) is 13.2 Å². The van der Waals surface area contributed by atoms with Crippen LogP contribution in [-0.4, -0.2) is 43.0 Å². The maximum atomic E-state index is 11.4. The molecule has 3 N–H and O–H groups in total. The fourth-order valence-corrected chi connectivity index (χ4v) is 2.57. The van der Waals surface area contributed by atoms with Crippen molar-refractivity contribution in [2.75, 3.05) is 12.3 Å². The van der Waals surface area contributed by atoms with E-state index in [-0.39, 0.29) is 5.75 Å². The highest BCUT2D eigenvalue weighted by Gasteiger charge is 2.23. The number of nitrogens with one attached hydrogen (secondary N) is 1. The van der Waals surface area contributed by atoms with Gasteiger partial charge in [0.1, 0.15) is 0 Å². The fraction of sp³-hybridized carbons (Fsp3) is 0.875. The fourth-order valence-electron chi connectivity index (χ4n) is 0.914. The van der Waals surface area contributed by atoms with E-state index in [0.29, 0.717) is 0 Å². The molecule has 0 bridgehead atoms. The van der Waals surface area contributed by atoms with E-state index in [2.05, 4.69) is 0 Å². The lowest BCUT2D eigenvalue weighted by atomic mass is 10.0. The zero-order valence-electron chi connectivity index (χ0n) is 9.02. The molecule has 0 radical (unpaired) electrons. The van der Waals surface area contributed by atoms with Crippen LogP contribution in [0.1, 0.15) is 20.8 Å². The topological polar surface area (TPSA) is 104 Å². The molecule has 0 rings (SSSR count). The monoisotopic (exact) mass is 239 g/mol. The van der Waals surface area contributed by atoms with E-state index >= 15 is 0 Å². The van der Waals surface area contributed by atoms with Crippen LogP contribution in [0.2, 0.25) is 0 Å². The van der Waals surface area contributed by atoms with E-state index in [1.807, 2.05) is 4.72 Å². The standard InChI is InChI=1S/C8H17NO5S/c1-8(2,3)5-15(13,14)9-4-6(10)7(11)12/h6,9-10H,4-5H2,1-3H3,(H,11,12). The van der Waals surface area contributed by atoms with Crippen molar-refractivity contribution in [1.82, 2.24) is 4.72 Å². The molecule has 0 aliphatic heterocycles. The number of aliphatic hydroxyl groups excluding tert-OH is 1. The van der Waals surface area contributed by atoms with E-state index in [1.54, 1.807) is 20.8 Å². The van der Waals surface area contributed by atoms with Crippen LogP contribution in [-0.2, 0) is 14.8 Å². The van der Waals surface area contributed by atoms with Crippen molar-refractivity contribution >= 4 is 16.0 Å². The van der Waals surface area contributed by atoms with Gasteiger partial charge in [0, 0.05) is 6.54 Å². The summed E-state index contributed by atoms with van der Waals surface area (Å²) in [6.45, 7) is 4.74. The molecular formula is C8H17NO5S. The van der Waals surface area contributed by atoms with Crippen LogP contribution in [0.5, 0.6) is 0 Å². The summed E-state index contributed by atoms with van der Waals surface area (Å²) in [5, 5.41) is 17.2. The number of aliphatic carboxylic acids is 1. The number of carboxylic acids is 1. The van der Waals surface area contributed by atoms with E-state index in [4.69, 9.17) is 10.2 Å². The quantitative estimate of drug-likeness (QED) is 0.594. The molecule has 0 aromatic heterocycles. The Morgan fingerprint density at radius 2 is 1.87 bits per heavy atom. The molecule has 0 saturated heterocycles. The summed E-state index contributed by atoms with van der Waals surface area (Å²) < 4.78 is 24.8. The highest BCUT2D eigenvalue weighted by molar-refractivity contribution is 7.89. The summed E-state index contributed by atoms with van der Waals surface area (Å²) in [4.78, 5) is 10.2. The molecule has 1 unspecified atom stereocenters. The summed E-state index contributed by atoms with van der Waals surface area (Å²) in [5.74, 6) is -1.57. The number of carboxylic acid groups (broad SMARTS) is 1. The van der Waals surface area contributed by atoms with Gasteiger partial charge in [-0.25, -0.2) is 17.9 Å². The van der Waals surface area contributed by atoms with Crippen LogP contribution >= 0.6 is 0 Å². The van der Waals surface area contributed by atoms with Gasteiger partial charge in [-0.3, -0.25) is 0 Å². The molecule has 15 heavy (non-hydrogen) atoms. The number of carbonyl (C=O) groups is 1. The van der Waals surface area contributed by atoms with Crippen molar-refractivity contribution in [3.63, 3.8) is 0 Å². The summed E-state index contributed by atoms with van der Waals surface area (Å²) in [6, 6.07) is 0.